The second-order valence-electron chi connectivity index (χ2n) is 5.97. The molecule has 1 saturated heterocycles. The largest absolute Gasteiger partial charge is 0.367 e. The van der Waals surface area contributed by atoms with E-state index in [1.54, 1.807) is 0 Å². The highest BCUT2D eigenvalue weighted by Gasteiger charge is 2.36. The van der Waals surface area contributed by atoms with E-state index in [1.807, 2.05) is 13.8 Å². The number of carbonyl (C=O) groups excluding carboxylic acids is 1. The number of nitrogens with zero attached hydrogens (tertiary/aromatic N) is 1. The van der Waals surface area contributed by atoms with Crippen LogP contribution < -0.4 is 5.73 Å². The molecule has 0 spiro atoms. The average Bonchev–Trinajstić information content (AvgIpc) is 2.41. The molecule has 1 heterocycles. The first-order chi connectivity index (χ1) is 9.75. The van der Waals surface area contributed by atoms with Crippen molar-refractivity contribution < 1.29 is 18.3 Å². The van der Waals surface area contributed by atoms with Gasteiger partial charge in [-0.25, -0.2) is 8.78 Å². The Labute approximate surface area is 122 Å². The number of halogens is 2. The maximum absolute atomic E-state index is 14.1. The molecule has 1 amide bonds. The maximum atomic E-state index is 14.1. The van der Waals surface area contributed by atoms with Crippen LogP contribution >= 0.6 is 0 Å². The molecule has 0 aromatic heterocycles. The van der Waals surface area contributed by atoms with Crippen molar-refractivity contribution in [3.63, 3.8) is 0 Å². The number of hydrogen-bond acceptors (Lipinski definition) is 3. The number of aryl methyl sites for hydroxylation is 1. The molecule has 4 nitrogen and oxygen atoms in total. The highest BCUT2D eigenvalue weighted by molar-refractivity contribution is 5.95. The summed E-state index contributed by atoms with van der Waals surface area (Å²) < 4.78 is 33.7. The summed E-state index contributed by atoms with van der Waals surface area (Å²) >= 11 is 0. The van der Waals surface area contributed by atoms with Gasteiger partial charge in [0, 0.05) is 19.6 Å². The summed E-state index contributed by atoms with van der Waals surface area (Å²) in [7, 11) is 0. The van der Waals surface area contributed by atoms with Gasteiger partial charge < -0.3 is 15.4 Å². The Hall–Kier alpha value is -1.53. The standard InChI is InChI=1S/C15H20F2N2O2/c1-9-4-5-11(16)12(13(9)17)14(20)19-7-10(6-18)21-15(2,3)8-19/h4-5,10H,6-8,18H2,1-3H3. The summed E-state index contributed by atoms with van der Waals surface area (Å²) in [5, 5.41) is 0. The molecule has 0 saturated carbocycles. The third-order valence-corrected chi connectivity index (χ3v) is 3.53. The highest BCUT2D eigenvalue weighted by atomic mass is 19.1. The molecule has 1 fully saturated rings. The lowest BCUT2D eigenvalue weighted by molar-refractivity contribution is -0.122. The molecular formula is C15H20F2N2O2. The zero-order valence-corrected chi connectivity index (χ0v) is 12.5. The van der Waals surface area contributed by atoms with Crippen LogP contribution in [0.15, 0.2) is 12.1 Å². The number of nitrogens with two attached hydrogens (primary N) is 1. The number of ether oxygens (including phenoxy) is 1. The van der Waals surface area contributed by atoms with Crippen molar-refractivity contribution in [3.8, 4) is 0 Å². The Balaban J connectivity index is 2.34. The van der Waals surface area contributed by atoms with Gasteiger partial charge in [0.05, 0.1) is 11.7 Å². The van der Waals surface area contributed by atoms with Crippen molar-refractivity contribution >= 4 is 5.91 Å². The number of carbonyl (C=O) groups is 1. The summed E-state index contributed by atoms with van der Waals surface area (Å²) in [5.41, 5.74) is 4.72. The molecular weight excluding hydrogens is 278 g/mol. The van der Waals surface area contributed by atoms with E-state index in [1.165, 1.54) is 17.9 Å². The Morgan fingerprint density at radius 1 is 1.48 bits per heavy atom. The van der Waals surface area contributed by atoms with Gasteiger partial charge in [-0.1, -0.05) is 6.07 Å². The Kier molecular flexibility index (Phi) is 4.30. The second kappa shape index (κ2) is 5.69. The molecule has 1 aromatic rings. The molecule has 0 aliphatic carbocycles. The molecule has 21 heavy (non-hydrogen) atoms. The lowest BCUT2D eigenvalue weighted by Crippen LogP contribution is -2.56. The fourth-order valence-electron chi connectivity index (χ4n) is 2.58. The number of rotatable bonds is 2. The van der Waals surface area contributed by atoms with Gasteiger partial charge in [0.1, 0.15) is 17.2 Å². The molecule has 2 rings (SSSR count). The Morgan fingerprint density at radius 2 is 2.14 bits per heavy atom. The molecule has 1 aromatic carbocycles. The van der Waals surface area contributed by atoms with Crippen LogP contribution in [0.2, 0.25) is 0 Å². The quantitative estimate of drug-likeness (QED) is 0.906. The molecule has 116 valence electrons. The topological polar surface area (TPSA) is 55.6 Å². The number of benzene rings is 1. The van der Waals surface area contributed by atoms with Crippen molar-refractivity contribution in [3.05, 3.63) is 34.9 Å². The van der Waals surface area contributed by atoms with Gasteiger partial charge >= 0.3 is 0 Å². The van der Waals surface area contributed by atoms with Crippen LogP contribution in [0, 0.1) is 18.6 Å². The monoisotopic (exact) mass is 298 g/mol. The molecule has 1 unspecified atom stereocenters. The normalized spacial score (nSPS) is 21.4. The van der Waals surface area contributed by atoms with Gasteiger partial charge in [-0.15, -0.1) is 0 Å². The van der Waals surface area contributed by atoms with Gasteiger partial charge in [-0.2, -0.15) is 0 Å². The molecule has 1 aliphatic rings. The zero-order chi connectivity index (χ0) is 15.8. The van der Waals surface area contributed by atoms with Crippen molar-refractivity contribution in [1.29, 1.82) is 0 Å². The van der Waals surface area contributed by atoms with Crippen molar-refractivity contribution in [1.82, 2.24) is 4.90 Å². The van der Waals surface area contributed by atoms with Crippen molar-refractivity contribution in [2.45, 2.75) is 32.5 Å². The fourth-order valence-corrected chi connectivity index (χ4v) is 2.58. The average molecular weight is 298 g/mol. The van der Waals surface area contributed by atoms with Gasteiger partial charge in [-0.05, 0) is 32.4 Å². The summed E-state index contributed by atoms with van der Waals surface area (Å²) in [4.78, 5) is 13.9. The van der Waals surface area contributed by atoms with Crippen LogP contribution in [0.5, 0.6) is 0 Å². The van der Waals surface area contributed by atoms with Crippen LogP contribution in [-0.2, 0) is 4.74 Å². The van der Waals surface area contributed by atoms with Crippen LogP contribution in [0.4, 0.5) is 8.78 Å². The van der Waals surface area contributed by atoms with Crippen LogP contribution in [0.1, 0.15) is 29.8 Å². The third-order valence-electron chi connectivity index (χ3n) is 3.53. The lowest BCUT2D eigenvalue weighted by atomic mass is 10.0. The van der Waals surface area contributed by atoms with Gasteiger partial charge in [0.2, 0.25) is 0 Å². The molecule has 6 heteroatoms. The molecule has 2 N–H and O–H groups in total. The minimum absolute atomic E-state index is 0.228. The van der Waals surface area contributed by atoms with Gasteiger partial charge in [0.25, 0.3) is 5.91 Å². The first-order valence-corrected chi connectivity index (χ1v) is 6.87. The van der Waals surface area contributed by atoms with Crippen LogP contribution in [0.25, 0.3) is 0 Å². The summed E-state index contributed by atoms with van der Waals surface area (Å²) in [6.45, 7) is 5.86. The van der Waals surface area contributed by atoms with Crippen LogP contribution in [-0.4, -0.2) is 42.1 Å². The minimum atomic E-state index is -0.850. The Morgan fingerprint density at radius 3 is 2.76 bits per heavy atom. The van der Waals surface area contributed by atoms with Crippen molar-refractivity contribution in [2.75, 3.05) is 19.6 Å². The predicted octanol–water partition coefficient (Wildman–Crippen LogP) is 1.85. The van der Waals surface area contributed by atoms with E-state index in [9.17, 15) is 13.6 Å². The number of hydrogen-bond donors (Lipinski definition) is 1. The molecule has 1 atom stereocenters. The van der Waals surface area contributed by atoms with Crippen LogP contribution in [0.3, 0.4) is 0 Å². The van der Waals surface area contributed by atoms with Gasteiger partial charge in [0.15, 0.2) is 0 Å². The summed E-state index contributed by atoms with van der Waals surface area (Å²) in [5.74, 6) is -2.33. The molecule has 0 bridgehead atoms. The lowest BCUT2D eigenvalue weighted by Gasteiger charge is -2.42. The van der Waals surface area contributed by atoms with E-state index in [4.69, 9.17) is 10.5 Å². The van der Waals surface area contributed by atoms with E-state index >= 15 is 0 Å². The van der Waals surface area contributed by atoms with E-state index in [0.717, 1.165) is 6.07 Å². The summed E-state index contributed by atoms with van der Waals surface area (Å²) in [6, 6.07) is 2.42. The minimum Gasteiger partial charge on any atom is -0.367 e. The summed E-state index contributed by atoms with van der Waals surface area (Å²) in [6.07, 6.45) is -0.339. The first-order valence-electron chi connectivity index (χ1n) is 6.87. The number of amides is 1. The SMILES string of the molecule is Cc1ccc(F)c(C(=O)N2CC(CN)OC(C)(C)C2)c1F. The fraction of sp³-hybridized carbons (Fsp3) is 0.533. The third kappa shape index (κ3) is 3.22. The predicted molar refractivity (Wildman–Crippen MR) is 75.0 cm³/mol. The smallest absolute Gasteiger partial charge is 0.260 e. The molecule has 1 aliphatic heterocycles. The Bertz CT molecular complexity index is 561. The maximum Gasteiger partial charge on any atom is 0.260 e. The van der Waals surface area contributed by atoms with E-state index in [2.05, 4.69) is 0 Å². The van der Waals surface area contributed by atoms with E-state index in [0.29, 0.717) is 0 Å². The molecule has 0 radical (unpaired) electrons. The second-order valence-corrected chi connectivity index (χ2v) is 5.97. The van der Waals surface area contributed by atoms with E-state index in [-0.39, 0.29) is 31.3 Å². The van der Waals surface area contributed by atoms with Gasteiger partial charge in [-0.3, -0.25) is 4.79 Å². The van der Waals surface area contributed by atoms with Crippen molar-refractivity contribution in [2.24, 2.45) is 5.73 Å². The van der Waals surface area contributed by atoms with E-state index < -0.39 is 28.7 Å². The number of morpholine rings is 1. The first kappa shape index (κ1) is 15.9. The zero-order valence-electron chi connectivity index (χ0n) is 12.5. The highest BCUT2D eigenvalue weighted by Crippen LogP contribution is 2.24.